The van der Waals surface area contributed by atoms with Crippen molar-refractivity contribution in [1.29, 1.82) is 5.26 Å². The van der Waals surface area contributed by atoms with Crippen molar-refractivity contribution in [3.05, 3.63) is 71.3 Å². The highest BCUT2D eigenvalue weighted by Gasteiger charge is 2.27. The van der Waals surface area contributed by atoms with E-state index >= 15 is 0 Å². The van der Waals surface area contributed by atoms with E-state index in [1.807, 2.05) is 49.4 Å². The lowest BCUT2D eigenvalue weighted by atomic mass is 9.97. The fourth-order valence-electron chi connectivity index (χ4n) is 2.19. The predicted octanol–water partition coefficient (Wildman–Crippen LogP) is 2.89. The zero-order valence-electron chi connectivity index (χ0n) is 13.0. The average Bonchev–Trinajstić information content (AvgIpc) is 2.61. The minimum atomic E-state index is -1.33. The second-order valence-corrected chi connectivity index (χ2v) is 5.18. The molecule has 2 aromatic carbocycles. The Kier molecular flexibility index (Phi) is 5.65. The van der Waals surface area contributed by atoms with E-state index in [2.05, 4.69) is 5.32 Å². The molecule has 0 aliphatic heterocycles. The van der Waals surface area contributed by atoms with Crippen molar-refractivity contribution in [3.8, 4) is 6.07 Å². The molecule has 2 aromatic rings. The first kappa shape index (κ1) is 16.4. The van der Waals surface area contributed by atoms with Gasteiger partial charge < -0.3 is 5.32 Å². The topological polar surface area (TPSA) is 70.0 Å². The molecule has 23 heavy (non-hydrogen) atoms. The Balaban J connectivity index is 2.04. The van der Waals surface area contributed by atoms with Crippen molar-refractivity contribution in [2.45, 2.75) is 19.9 Å². The van der Waals surface area contributed by atoms with Gasteiger partial charge in [0.25, 0.3) is 0 Å². The fraction of sp³-hybridized carbons (Fsp3) is 0.211. The van der Waals surface area contributed by atoms with Crippen molar-refractivity contribution >= 4 is 11.7 Å². The van der Waals surface area contributed by atoms with Gasteiger partial charge in [-0.15, -0.1) is 0 Å². The number of benzene rings is 2. The largest absolute Gasteiger partial charge is 0.350 e. The lowest BCUT2D eigenvalue weighted by molar-refractivity contribution is -0.122. The molecule has 116 valence electrons. The second-order valence-electron chi connectivity index (χ2n) is 5.18. The molecule has 0 unspecified atom stereocenters. The molecule has 1 amide bonds. The number of Topliss-reactive ketones (excluding diaryl/α,β-unsaturated/α-hetero) is 1. The van der Waals surface area contributed by atoms with Crippen LogP contribution in [0.15, 0.2) is 54.6 Å². The van der Waals surface area contributed by atoms with Gasteiger partial charge in [-0.1, -0.05) is 61.5 Å². The van der Waals surface area contributed by atoms with Crippen LogP contribution in [-0.2, 0) is 17.8 Å². The van der Waals surface area contributed by atoms with Gasteiger partial charge in [-0.25, -0.2) is 0 Å². The number of carbonyl (C=O) groups excluding carboxylic acids is 2. The highest BCUT2D eigenvalue weighted by Crippen LogP contribution is 2.12. The molecule has 1 N–H and O–H groups in total. The number of nitriles is 1. The SMILES string of the molecule is CCc1ccc(C(=O)[C@H](C#N)C(=O)NCc2ccccc2)cc1. The van der Waals surface area contributed by atoms with E-state index in [-0.39, 0.29) is 0 Å². The van der Waals surface area contributed by atoms with Gasteiger partial charge in [0.1, 0.15) is 0 Å². The van der Waals surface area contributed by atoms with Crippen LogP contribution in [0.5, 0.6) is 0 Å². The van der Waals surface area contributed by atoms with Crippen LogP contribution in [0.1, 0.15) is 28.4 Å². The average molecular weight is 306 g/mol. The Bertz CT molecular complexity index is 715. The van der Waals surface area contributed by atoms with Crippen LogP contribution in [0.2, 0.25) is 0 Å². The number of hydrogen-bond acceptors (Lipinski definition) is 3. The molecule has 0 aliphatic rings. The van der Waals surface area contributed by atoms with Crippen molar-refractivity contribution in [2.24, 2.45) is 5.92 Å². The van der Waals surface area contributed by atoms with Crippen LogP contribution in [0, 0.1) is 17.2 Å². The third-order valence-corrected chi connectivity index (χ3v) is 3.61. The highest BCUT2D eigenvalue weighted by molar-refractivity contribution is 6.12. The predicted molar refractivity (Wildman–Crippen MR) is 87.5 cm³/mol. The van der Waals surface area contributed by atoms with Crippen LogP contribution < -0.4 is 5.32 Å². The van der Waals surface area contributed by atoms with Crippen LogP contribution in [0.25, 0.3) is 0 Å². The number of aryl methyl sites for hydroxylation is 1. The number of nitrogens with zero attached hydrogens (tertiary/aromatic N) is 1. The van der Waals surface area contributed by atoms with Gasteiger partial charge in [0.05, 0.1) is 6.07 Å². The Labute approximate surface area is 135 Å². The molecule has 0 bridgehead atoms. The lowest BCUT2D eigenvalue weighted by Gasteiger charge is -2.10. The molecule has 0 aromatic heterocycles. The van der Waals surface area contributed by atoms with Gasteiger partial charge in [-0.3, -0.25) is 9.59 Å². The molecule has 0 spiro atoms. The zero-order chi connectivity index (χ0) is 16.7. The molecule has 0 aliphatic carbocycles. The smallest absolute Gasteiger partial charge is 0.245 e. The summed E-state index contributed by atoms with van der Waals surface area (Å²) in [6, 6.07) is 18.1. The third-order valence-electron chi connectivity index (χ3n) is 3.61. The molecule has 1 atom stereocenters. The molecule has 0 saturated carbocycles. The van der Waals surface area contributed by atoms with Crippen LogP contribution in [-0.4, -0.2) is 11.7 Å². The van der Waals surface area contributed by atoms with Crippen LogP contribution in [0.4, 0.5) is 0 Å². The minimum Gasteiger partial charge on any atom is -0.350 e. The Morgan fingerprint density at radius 2 is 1.70 bits per heavy atom. The van der Waals surface area contributed by atoms with E-state index in [0.29, 0.717) is 12.1 Å². The lowest BCUT2D eigenvalue weighted by Crippen LogP contribution is -2.34. The standard InChI is InChI=1S/C19H18N2O2/c1-2-14-8-10-16(11-9-14)18(22)17(12-20)19(23)21-13-15-6-4-3-5-7-15/h3-11,17H,2,13H2,1H3,(H,21,23)/t17-/m0/s1. The molecule has 0 radical (unpaired) electrons. The van der Waals surface area contributed by atoms with E-state index in [9.17, 15) is 14.9 Å². The van der Waals surface area contributed by atoms with E-state index in [4.69, 9.17) is 0 Å². The fourth-order valence-corrected chi connectivity index (χ4v) is 2.19. The van der Waals surface area contributed by atoms with Gasteiger partial charge in [-0.05, 0) is 17.5 Å². The summed E-state index contributed by atoms with van der Waals surface area (Å²) in [5.41, 5.74) is 2.39. The Morgan fingerprint density at radius 1 is 1.04 bits per heavy atom. The normalized spacial score (nSPS) is 11.3. The van der Waals surface area contributed by atoms with E-state index < -0.39 is 17.6 Å². The molecule has 0 heterocycles. The maximum Gasteiger partial charge on any atom is 0.245 e. The van der Waals surface area contributed by atoms with Crippen LogP contribution >= 0.6 is 0 Å². The quantitative estimate of drug-likeness (QED) is 0.659. The first-order valence-corrected chi connectivity index (χ1v) is 7.50. The number of hydrogen-bond donors (Lipinski definition) is 1. The molecular weight excluding hydrogens is 288 g/mol. The van der Waals surface area contributed by atoms with Crippen molar-refractivity contribution < 1.29 is 9.59 Å². The Hall–Kier alpha value is -2.93. The van der Waals surface area contributed by atoms with Gasteiger partial charge in [-0.2, -0.15) is 5.26 Å². The summed E-state index contributed by atoms with van der Waals surface area (Å²) in [6.07, 6.45) is 0.869. The van der Waals surface area contributed by atoms with Crippen molar-refractivity contribution in [1.82, 2.24) is 5.32 Å². The summed E-state index contributed by atoms with van der Waals surface area (Å²) in [5, 5.41) is 11.8. The Morgan fingerprint density at radius 3 is 2.26 bits per heavy atom. The second kappa shape index (κ2) is 7.90. The molecule has 4 heteroatoms. The van der Waals surface area contributed by atoms with E-state index in [0.717, 1.165) is 17.5 Å². The molecule has 4 nitrogen and oxygen atoms in total. The number of nitrogens with one attached hydrogen (secondary N) is 1. The minimum absolute atomic E-state index is 0.292. The summed E-state index contributed by atoms with van der Waals surface area (Å²) in [4.78, 5) is 24.5. The molecule has 0 saturated heterocycles. The summed E-state index contributed by atoms with van der Waals surface area (Å²) >= 11 is 0. The number of amides is 1. The number of ketones is 1. The summed E-state index contributed by atoms with van der Waals surface area (Å²) in [5.74, 6) is -2.37. The van der Waals surface area contributed by atoms with Gasteiger partial charge >= 0.3 is 0 Å². The monoisotopic (exact) mass is 306 g/mol. The van der Waals surface area contributed by atoms with E-state index in [1.54, 1.807) is 18.2 Å². The molecule has 0 fully saturated rings. The summed E-state index contributed by atoms with van der Waals surface area (Å²) in [7, 11) is 0. The summed E-state index contributed by atoms with van der Waals surface area (Å²) < 4.78 is 0. The van der Waals surface area contributed by atoms with E-state index in [1.165, 1.54) is 0 Å². The van der Waals surface area contributed by atoms with Crippen LogP contribution in [0.3, 0.4) is 0 Å². The first-order valence-electron chi connectivity index (χ1n) is 7.50. The molecular formula is C19H18N2O2. The third kappa shape index (κ3) is 4.27. The maximum absolute atomic E-state index is 12.3. The maximum atomic E-state index is 12.3. The van der Waals surface area contributed by atoms with Crippen molar-refractivity contribution in [3.63, 3.8) is 0 Å². The van der Waals surface area contributed by atoms with Gasteiger partial charge in [0, 0.05) is 12.1 Å². The number of carbonyl (C=O) groups is 2. The number of rotatable bonds is 6. The molecule has 2 rings (SSSR count). The zero-order valence-corrected chi connectivity index (χ0v) is 13.0. The van der Waals surface area contributed by atoms with Gasteiger partial charge in [0.15, 0.2) is 11.7 Å². The van der Waals surface area contributed by atoms with Gasteiger partial charge in [0.2, 0.25) is 5.91 Å². The van der Waals surface area contributed by atoms with Crippen molar-refractivity contribution in [2.75, 3.05) is 0 Å². The summed E-state index contributed by atoms with van der Waals surface area (Å²) in [6.45, 7) is 2.31. The highest BCUT2D eigenvalue weighted by atomic mass is 16.2. The first-order chi connectivity index (χ1) is 11.2.